The summed E-state index contributed by atoms with van der Waals surface area (Å²) in [7, 11) is 0. The van der Waals surface area contributed by atoms with E-state index < -0.39 is 0 Å². The number of aryl methyl sites for hydroxylation is 1. The maximum Gasteiger partial charge on any atom is 0.126 e. The van der Waals surface area contributed by atoms with Crippen molar-refractivity contribution in [2.75, 3.05) is 0 Å². The molecule has 0 unspecified atom stereocenters. The lowest BCUT2D eigenvalue weighted by Crippen LogP contribution is -2.11. The molecule has 1 N–H and O–H groups in total. The third kappa shape index (κ3) is 1.67. The Morgan fingerprint density at radius 3 is 2.71 bits per heavy atom. The molecule has 0 radical (unpaired) electrons. The second kappa shape index (κ2) is 3.70. The summed E-state index contributed by atoms with van der Waals surface area (Å²) in [6.45, 7) is 1.76. The molecule has 1 aromatic rings. The molecule has 2 rings (SSSR count). The van der Waals surface area contributed by atoms with Crippen molar-refractivity contribution in [2.24, 2.45) is 0 Å². The standard InChI is InChI=1S/C12H15FO/c1-8-7-9(5-6-11(8)13)10-3-2-4-12(10)14/h5-7,10,12,14H,2-4H2,1H3/t10-,12+/m0/s1. The monoisotopic (exact) mass is 194 g/mol. The molecule has 2 heteroatoms. The highest BCUT2D eigenvalue weighted by atomic mass is 19.1. The van der Waals surface area contributed by atoms with Crippen LogP contribution in [0.5, 0.6) is 0 Å². The molecule has 1 aromatic carbocycles. The van der Waals surface area contributed by atoms with Crippen molar-refractivity contribution in [1.29, 1.82) is 0 Å². The van der Waals surface area contributed by atoms with Gasteiger partial charge in [-0.3, -0.25) is 0 Å². The van der Waals surface area contributed by atoms with Crippen molar-refractivity contribution in [2.45, 2.75) is 38.2 Å². The van der Waals surface area contributed by atoms with Gasteiger partial charge in [0.05, 0.1) is 6.10 Å². The molecule has 76 valence electrons. The Hall–Kier alpha value is -0.890. The van der Waals surface area contributed by atoms with Crippen molar-refractivity contribution < 1.29 is 9.50 Å². The van der Waals surface area contributed by atoms with Gasteiger partial charge in [0.1, 0.15) is 5.82 Å². The molecule has 2 atom stereocenters. The molecule has 1 aliphatic rings. The second-order valence-corrected chi connectivity index (χ2v) is 4.11. The van der Waals surface area contributed by atoms with Crippen LogP contribution in [0.4, 0.5) is 4.39 Å². The van der Waals surface area contributed by atoms with Crippen LogP contribution in [0.15, 0.2) is 18.2 Å². The van der Waals surface area contributed by atoms with Crippen molar-refractivity contribution in [1.82, 2.24) is 0 Å². The molecule has 1 aliphatic carbocycles. The Balaban J connectivity index is 2.28. The highest BCUT2D eigenvalue weighted by Crippen LogP contribution is 2.34. The van der Waals surface area contributed by atoms with Crippen LogP contribution in [-0.4, -0.2) is 11.2 Å². The van der Waals surface area contributed by atoms with E-state index in [2.05, 4.69) is 0 Å². The number of aliphatic hydroxyl groups is 1. The number of hydrogen-bond donors (Lipinski definition) is 1. The van der Waals surface area contributed by atoms with Gasteiger partial charge in [-0.25, -0.2) is 4.39 Å². The number of benzene rings is 1. The number of aliphatic hydroxyl groups excluding tert-OH is 1. The molecular weight excluding hydrogens is 179 g/mol. The number of hydrogen-bond acceptors (Lipinski definition) is 1. The predicted molar refractivity (Wildman–Crippen MR) is 53.7 cm³/mol. The largest absolute Gasteiger partial charge is 0.392 e. The first-order chi connectivity index (χ1) is 6.68. The van der Waals surface area contributed by atoms with Crippen molar-refractivity contribution in [3.8, 4) is 0 Å². The Morgan fingerprint density at radius 2 is 2.14 bits per heavy atom. The number of halogens is 1. The quantitative estimate of drug-likeness (QED) is 0.728. The van der Waals surface area contributed by atoms with Crippen molar-refractivity contribution in [3.63, 3.8) is 0 Å². The number of rotatable bonds is 1. The summed E-state index contributed by atoms with van der Waals surface area (Å²) in [5.74, 6) is 0.0514. The summed E-state index contributed by atoms with van der Waals surface area (Å²) in [6, 6.07) is 5.14. The Bertz CT molecular complexity index is 335. The smallest absolute Gasteiger partial charge is 0.126 e. The maximum absolute atomic E-state index is 13.0. The summed E-state index contributed by atoms with van der Waals surface area (Å²) in [5.41, 5.74) is 1.75. The third-order valence-electron chi connectivity index (χ3n) is 3.09. The highest BCUT2D eigenvalue weighted by molar-refractivity contribution is 5.28. The fourth-order valence-electron chi connectivity index (χ4n) is 2.23. The highest BCUT2D eigenvalue weighted by Gasteiger charge is 2.26. The molecular formula is C12H15FO. The molecule has 0 saturated heterocycles. The van der Waals surface area contributed by atoms with E-state index in [0.29, 0.717) is 5.56 Å². The van der Waals surface area contributed by atoms with Gasteiger partial charge in [-0.2, -0.15) is 0 Å². The van der Waals surface area contributed by atoms with Crippen LogP contribution in [-0.2, 0) is 0 Å². The first-order valence-corrected chi connectivity index (χ1v) is 5.12. The Labute approximate surface area is 83.6 Å². The molecule has 0 aliphatic heterocycles. The van der Waals surface area contributed by atoms with E-state index in [9.17, 15) is 9.50 Å². The molecule has 1 nitrogen and oxygen atoms in total. The van der Waals surface area contributed by atoms with E-state index in [1.807, 2.05) is 6.07 Å². The van der Waals surface area contributed by atoms with E-state index in [1.54, 1.807) is 13.0 Å². The van der Waals surface area contributed by atoms with Crippen LogP contribution in [0.1, 0.15) is 36.3 Å². The zero-order valence-electron chi connectivity index (χ0n) is 8.33. The molecule has 0 bridgehead atoms. The van der Waals surface area contributed by atoms with Crippen molar-refractivity contribution >= 4 is 0 Å². The zero-order chi connectivity index (χ0) is 10.1. The minimum Gasteiger partial charge on any atom is -0.392 e. The maximum atomic E-state index is 13.0. The minimum absolute atomic E-state index is 0.166. The summed E-state index contributed by atoms with van der Waals surface area (Å²) < 4.78 is 13.0. The fraction of sp³-hybridized carbons (Fsp3) is 0.500. The van der Waals surface area contributed by atoms with E-state index in [-0.39, 0.29) is 17.8 Å². The summed E-state index contributed by atoms with van der Waals surface area (Å²) >= 11 is 0. The molecule has 1 saturated carbocycles. The van der Waals surface area contributed by atoms with Crippen LogP contribution in [0.2, 0.25) is 0 Å². The summed E-state index contributed by atoms with van der Waals surface area (Å²) in [5, 5.41) is 9.71. The van der Waals surface area contributed by atoms with Gasteiger partial charge in [0, 0.05) is 5.92 Å². The second-order valence-electron chi connectivity index (χ2n) is 4.11. The first kappa shape index (κ1) is 9.66. The van der Waals surface area contributed by atoms with Gasteiger partial charge in [0.2, 0.25) is 0 Å². The lowest BCUT2D eigenvalue weighted by atomic mass is 9.94. The molecule has 0 amide bonds. The van der Waals surface area contributed by atoms with Gasteiger partial charge in [0.15, 0.2) is 0 Å². The predicted octanol–water partition coefficient (Wildman–Crippen LogP) is 2.76. The molecule has 0 aromatic heterocycles. The van der Waals surface area contributed by atoms with Gasteiger partial charge >= 0.3 is 0 Å². The molecule has 0 heterocycles. The average Bonchev–Trinajstić information content (AvgIpc) is 2.57. The van der Waals surface area contributed by atoms with E-state index in [1.165, 1.54) is 6.07 Å². The van der Waals surface area contributed by atoms with Gasteiger partial charge in [0.25, 0.3) is 0 Å². The van der Waals surface area contributed by atoms with Crippen LogP contribution >= 0.6 is 0 Å². The third-order valence-corrected chi connectivity index (χ3v) is 3.09. The topological polar surface area (TPSA) is 20.2 Å². The van der Waals surface area contributed by atoms with Crippen LogP contribution in [0.25, 0.3) is 0 Å². The van der Waals surface area contributed by atoms with Gasteiger partial charge in [-0.15, -0.1) is 0 Å². The summed E-state index contributed by atoms with van der Waals surface area (Å²) in [6.07, 6.45) is 2.73. The molecule has 1 fully saturated rings. The normalized spacial score (nSPS) is 26.8. The lowest BCUT2D eigenvalue weighted by Gasteiger charge is -2.15. The zero-order valence-corrected chi connectivity index (χ0v) is 8.33. The van der Waals surface area contributed by atoms with Crippen molar-refractivity contribution in [3.05, 3.63) is 35.1 Å². The van der Waals surface area contributed by atoms with Gasteiger partial charge < -0.3 is 5.11 Å². The first-order valence-electron chi connectivity index (χ1n) is 5.12. The SMILES string of the molecule is Cc1cc([C@@H]2CCC[C@H]2O)ccc1F. The lowest BCUT2D eigenvalue weighted by molar-refractivity contribution is 0.164. The molecule has 14 heavy (non-hydrogen) atoms. The average molecular weight is 194 g/mol. The Kier molecular flexibility index (Phi) is 2.55. The fourth-order valence-corrected chi connectivity index (χ4v) is 2.23. The van der Waals surface area contributed by atoms with E-state index in [4.69, 9.17) is 0 Å². The van der Waals surface area contributed by atoms with Crippen LogP contribution in [0, 0.1) is 12.7 Å². The minimum atomic E-state index is -0.236. The van der Waals surface area contributed by atoms with E-state index in [0.717, 1.165) is 24.8 Å². The molecule has 0 spiro atoms. The van der Waals surface area contributed by atoms with E-state index >= 15 is 0 Å². The summed E-state index contributed by atoms with van der Waals surface area (Å²) in [4.78, 5) is 0. The van der Waals surface area contributed by atoms with Crippen LogP contribution in [0.3, 0.4) is 0 Å². The van der Waals surface area contributed by atoms with Gasteiger partial charge in [-0.1, -0.05) is 18.6 Å². The van der Waals surface area contributed by atoms with Gasteiger partial charge in [-0.05, 0) is 37.0 Å². The van der Waals surface area contributed by atoms with Crippen LogP contribution < -0.4 is 0 Å². The Morgan fingerprint density at radius 1 is 1.36 bits per heavy atom.